The van der Waals surface area contributed by atoms with E-state index in [9.17, 15) is 14.0 Å². The lowest BCUT2D eigenvalue weighted by Gasteiger charge is -2.29. The maximum Gasteiger partial charge on any atom is 0.315 e. The molecule has 1 spiro atoms. The fourth-order valence-corrected chi connectivity index (χ4v) is 4.80. The van der Waals surface area contributed by atoms with E-state index in [1.165, 1.54) is 12.1 Å². The summed E-state index contributed by atoms with van der Waals surface area (Å²) >= 11 is 0. The van der Waals surface area contributed by atoms with Gasteiger partial charge in [0, 0.05) is 24.8 Å². The fourth-order valence-electron chi connectivity index (χ4n) is 4.80. The smallest absolute Gasteiger partial charge is 0.315 e. The van der Waals surface area contributed by atoms with Crippen LogP contribution in [0.1, 0.15) is 31.7 Å². The van der Waals surface area contributed by atoms with Crippen LogP contribution in [0.2, 0.25) is 0 Å². The van der Waals surface area contributed by atoms with Gasteiger partial charge in [0.1, 0.15) is 17.8 Å². The summed E-state index contributed by atoms with van der Waals surface area (Å²) in [6.07, 6.45) is 2.27. The Labute approximate surface area is 133 Å². The minimum atomic E-state index is -0.851. The molecule has 3 aliphatic rings. The molecule has 4 rings (SSSR count). The van der Waals surface area contributed by atoms with Crippen molar-refractivity contribution in [2.75, 3.05) is 18.5 Å². The highest BCUT2D eigenvalue weighted by Gasteiger charge is 2.67. The molecule has 2 N–H and O–H groups in total. The predicted molar refractivity (Wildman–Crippen MR) is 80.3 cm³/mol. The lowest BCUT2D eigenvalue weighted by molar-refractivity contribution is -0.947. The largest absolute Gasteiger partial charge is 0.466 e. The Morgan fingerprint density at radius 2 is 2.35 bits per heavy atom. The third-order valence-electron chi connectivity index (χ3n) is 5.64. The molecule has 5 nitrogen and oxygen atoms in total. The molecule has 6 heteroatoms. The highest BCUT2D eigenvalue weighted by molar-refractivity contribution is 6.05. The second kappa shape index (κ2) is 5.03. The molecule has 1 aromatic carbocycles. The normalized spacial score (nSPS) is 34.3. The molecule has 1 unspecified atom stereocenters. The Kier molecular flexibility index (Phi) is 3.20. The predicted octanol–water partition coefficient (Wildman–Crippen LogP) is 0.603. The SMILES string of the molecule is CCOC(=O)[C@@H]1C[C@@]2(C(=O)Nc3ccc(F)cc32)[NH+]2CCC[C@H]12. The van der Waals surface area contributed by atoms with Gasteiger partial charge in [-0.05, 0) is 25.1 Å². The Hall–Kier alpha value is -1.95. The molecule has 0 radical (unpaired) electrons. The van der Waals surface area contributed by atoms with Crippen molar-refractivity contribution in [1.29, 1.82) is 0 Å². The van der Waals surface area contributed by atoms with Crippen LogP contribution in [-0.2, 0) is 19.9 Å². The van der Waals surface area contributed by atoms with E-state index in [2.05, 4.69) is 5.32 Å². The van der Waals surface area contributed by atoms with Crippen LogP contribution < -0.4 is 10.2 Å². The third kappa shape index (κ3) is 1.87. The summed E-state index contributed by atoms with van der Waals surface area (Å²) in [5.74, 6) is -1.000. The second-order valence-electron chi connectivity index (χ2n) is 6.64. The number of anilines is 1. The van der Waals surface area contributed by atoms with Crippen LogP contribution in [0.25, 0.3) is 0 Å². The molecule has 3 aliphatic heterocycles. The molecule has 0 bridgehead atoms. The number of carbonyl (C=O) groups excluding carboxylic acids is 2. The lowest BCUT2D eigenvalue weighted by Crippen LogP contribution is -3.19. The van der Waals surface area contributed by atoms with Crippen LogP contribution in [-0.4, -0.2) is 31.1 Å². The van der Waals surface area contributed by atoms with Crippen molar-refractivity contribution in [2.24, 2.45) is 5.92 Å². The Morgan fingerprint density at radius 1 is 1.52 bits per heavy atom. The number of hydrogen-bond acceptors (Lipinski definition) is 3. The summed E-state index contributed by atoms with van der Waals surface area (Å²) in [5.41, 5.74) is 0.506. The van der Waals surface area contributed by atoms with Crippen molar-refractivity contribution in [3.05, 3.63) is 29.6 Å². The molecular formula is C17H20FN2O3+. The number of esters is 1. The second-order valence-corrected chi connectivity index (χ2v) is 6.64. The summed E-state index contributed by atoms with van der Waals surface area (Å²) in [6, 6.07) is 4.49. The number of fused-ring (bicyclic) bond motifs is 4. The molecule has 0 saturated carbocycles. The van der Waals surface area contributed by atoms with Crippen molar-refractivity contribution >= 4 is 17.6 Å². The van der Waals surface area contributed by atoms with Crippen LogP contribution in [0.15, 0.2) is 18.2 Å². The van der Waals surface area contributed by atoms with Gasteiger partial charge in [-0.3, -0.25) is 9.59 Å². The minimum absolute atomic E-state index is 0.0778. The topological polar surface area (TPSA) is 59.8 Å². The first kappa shape index (κ1) is 14.6. The fraction of sp³-hybridized carbons (Fsp3) is 0.529. The number of ether oxygens (including phenoxy) is 1. The van der Waals surface area contributed by atoms with Crippen LogP contribution >= 0.6 is 0 Å². The van der Waals surface area contributed by atoms with E-state index >= 15 is 0 Å². The van der Waals surface area contributed by atoms with E-state index in [0.29, 0.717) is 24.3 Å². The van der Waals surface area contributed by atoms with Gasteiger partial charge < -0.3 is 15.0 Å². The monoisotopic (exact) mass is 319 g/mol. The molecule has 3 heterocycles. The van der Waals surface area contributed by atoms with Crippen molar-refractivity contribution in [3.63, 3.8) is 0 Å². The van der Waals surface area contributed by atoms with Gasteiger partial charge in [-0.25, -0.2) is 4.39 Å². The van der Waals surface area contributed by atoms with Crippen LogP contribution in [0, 0.1) is 11.7 Å². The maximum absolute atomic E-state index is 13.8. The molecule has 4 atom stereocenters. The lowest BCUT2D eigenvalue weighted by atomic mass is 9.84. The van der Waals surface area contributed by atoms with E-state index in [1.807, 2.05) is 0 Å². The van der Waals surface area contributed by atoms with Gasteiger partial charge in [0.2, 0.25) is 5.54 Å². The number of quaternary nitrogens is 1. The summed E-state index contributed by atoms with van der Waals surface area (Å²) in [5, 5.41) is 2.88. The van der Waals surface area contributed by atoms with Gasteiger partial charge >= 0.3 is 5.97 Å². The van der Waals surface area contributed by atoms with E-state index in [1.54, 1.807) is 13.0 Å². The summed E-state index contributed by atoms with van der Waals surface area (Å²) in [4.78, 5) is 26.3. The first-order chi connectivity index (χ1) is 11.1. The number of halogens is 1. The number of benzene rings is 1. The van der Waals surface area contributed by atoms with Gasteiger partial charge in [0.15, 0.2) is 0 Å². The summed E-state index contributed by atoms with van der Waals surface area (Å²) in [7, 11) is 0. The molecule has 0 aromatic heterocycles. The molecule has 1 aromatic rings. The zero-order valence-electron chi connectivity index (χ0n) is 13.0. The third-order valence-corrected chi connectivity index (χ3v) is 5.64. The van der Waals surface area contributed by atoms with Gasteiger partial charge in [-0.1, -0.05) is 0 Å². The highest BCUT2D eigenvalue weighted by Crippen LogP contribution is 2.44. The molecule has 2 fully saturated rings. The molecule has 122 valence electrons. The zero-order valence-corrected chi connectivity index (χ0v) is 13.0. The Balaban J connectivity index is 1.81. The molecule has 1 amide bonds. The van der Waals surface area contributed by atoms with Crippen molar-refractivity contribution in [2.45, 2.75) is 37.8 Å². The van der Waals surface area contributed by atoms with E-state index < -0.39 is 5.54 Å². The average Bonchev–Trinajstić information content (AvgIpc) is 3.16. The van der Waals surface area contributed by atoms with Gasteiger partial charge in [0.05, 0.1) is 18.8 Å². The highest BCUT2D eigenvalue weighted by atomic mass is 19.1. The van der Waals surface area contributed by atoms with Crippen LogP contribution in [0.4, 0.5) is 10.1 Å². The number of carbonyl (C=O) groups is 2. The van der Waals surface area contributed by atoms with Crippen LogP contribution in [0.3, 0.4) is 0 Å². The Bertz CT molecular complexity index is 692. The summed E-state index contributed by atoms with van der Waals surface area (Å²) < 4.78 is 19.0. The van der Waals surface area contributed by atoms with Crippen molar-refractivity contribution < 1.29 is 23.6 Å². The molecular weight excluding hydrogens is 299 g/mol. The first-order valence-electron chi connectivity index (χ1n) is 8.22. The molecule has 0 aliphatic carbocycles. The van der Waals surface area contributed by atoms with Gasteiger partial charge in [0.25, 0.3) is 5.91 Å². The maximum atomic E-state index is 13.8. The number of amides is 1. The quantitative estimate of drug-likeness (QED) is 0.785. The number of hydrogen-bond donors (Lipinski definition) is 2. The minimum Gasteiger partial charge on any atom is -0.466 e. The van der Waals surface area contributed by atoms with Crippen LogP contribution in [0.5, 0.6) is 0 Å². The van der Waals surface area contributed by atoms with Crippen molar-refractivity contribution in [1.82, 2.24) is 0 Å². The summed E-state index contributed by atoms with van der Waals surface area (Å²) in [6.45, 7) is 2.95. The molecule has 23 heavy (non-hydrogen) atoms. The zero-order chi connectivity index (χ0) is 16.2. The molecule has 2 saturated heterocycles. The van der Waals surface area contributed by atoms with Crippen molar-refractivity contribution in [3.8, 4) is 0 Å². The first-order valence-corrected chi connectivity index (χ1v) is 8.22. The van der Waals surface area contributed by atoms with Gasteiger partial charge in [-0.2, -0.15) is 0 Å². The average molecular weight is 319 g/mol. The van der Waals surface area contributed by atoms with Gasteiger partial charge in [-0.15, -0.1) is 0 Å². The number of nitrogens with one attached hydrogen (secondary N) is 2. The van der Waals surface area contributed by atoms with E-state index in [4.69, 9.17) is 4.74 Å². The number of rotatable bonds is 2. The van der Waals surface area contributed by atoms with E-state index in [-0.39, 0.29) is 29.7 Å². The van der Waals surface area contributed by atoms with E-state index in [0.717, 1.165) is 24.3 Å². The Morgan fingerprint density at radius 3 is 3.13 bits per heavy atom. The standard InChI is InChI=1S/C17H19FN2O3/c1-2-23-15(21)11-9-17(20-7-3-4-14(11)20)12-8-10(18)5-6-13(12)19-16(17)22/h5-6,8,11,14H,2-4,7,9H2,1H3,(H,19,22)/p+1/t11-,14-,17-/m1/s1.